The molecule has 0 aliphatic heterocycles. The quantitative estimate of drug-likeness (QED) is 0.833. The highest BCUT2D eigenvalue weighted by Gasteiger charge is 2.14. The molecule has 0 bridgehead atoms. The van der Waals surface area contributed by atoms with Gasteiger partial charge in [0.2, 0.25) is 10.0 Å². The molecular weight excluding hydrogens is 270 g/mol. The van der Waals surface area contributed by atoms with Crippen LogP contribution in [0.4, 0.5) is 5.69 Å². The van der Waals surface area contributed by atoms with Crippen LogP contribution >= 0.6 is 11.3 Å². The lowest BCUT2D eigenvalue weighted by Crippen LogP contribution is -2.23. The van der Waals surface area contributed by atoms with Crippen LogP contribution in [0.3, 0.4) is 0 Å². The normalized spacial score (nSPS) is 11.6. The van der Waals surface area contributed by atoms with Gasteiger partial charge in [-0.25, -0.2) is 18.1 Å². The van der Waals surface area contributed by atoms with Gasteiger partial charge in [-0.1, -0.05) is 0 Å². The van der Waals surface area contributed by atoms with Crippen LogP contribution < -0.4 is 10.5 Å². The minimum atomic E-state index is -3.55. The van der Waals surface area contributed by atoms with Crippen molar-refractivity contribution in [1.29, 1.82) is 0 Å². The van der Waals surface area contributed by atoms with Crippen molar-refractivity contribution in [2.45, 2.75) is 18.4 Å². The van der Waals surface area contributed by atoms with Crippen molar-refractivity contribution in [3.63, 3.8) is 0 Å². The zero-order chi connectivity index (χ0) is 13.2. The lowest BCUT2D eigenvalue weighted by molar-refractivity contribution is 0.580. The van der Waals surface area contributed by atoms with E-state index in [1.165, 1.54) is 17.4 Å². The molecule has 0 atom stereocenters. The van der Waals surface area contributed by atoms with Crippen LogP contribution in [-0.4, -0.2) is 13.4 Å². The third-order valence-corrected chi connectivity index (χ3v) is 4.33. The van der Waals surface area contributed by atoms with Crippen LogP contribution in [0, 0.1) is 6.92 Å². The van der Waals surface area contributed by atoms with Crippen LogP contribution in [0.1, 0.15) is 11.3 Å². The van der Waals surface area contributed by atoms with Crippen LogP contribution in [0.25, 0.3) is 0 Å². The molecule has 1 aromatic heterocycles. The van der Waals surface area contributed by atoms with Crippen LogP contribution in [0.5, 0.6) is 0 Å². The summed E-state index contributed by atoms with van der Waals surface area (Å²) in [6.07, 6.45) is 0. The molecule has 0 spiro atoms. The van der Waals surface area contributed by atoms with E-state index in [2.05, 4.69) is 9.71 Å². The van der Waals surface area contributed by atoms with Crippen molar-refractivity contribution in [1.82, 2.24) is 9.71 Å². The molecule has 0 unspecified atom stereocenters. The molecule has 2 rings (SSSR count). The van der Waals surface area contributed by atoms with Crippen molar-refractivity contribution < 1.29 is 8.42 Å². The number of thiazole rings is 1. The molecule has 1 heterocycles. The molecule has 0 radical (unpaired) electrons. The van der Waals surface area contributed by atoms with Crippen LogP contribution in [0.15, 0.2) is 34.0 Å². The van der Waals surface area contributed by atoms with E-state index in [4.69, 9.17) is 5.73 Å². The van der Waals surface area contributed by atoms with Crippen molar-refractivity contribution in [2.75, 3.05) is 5.73 Å². The number of nitrogens with zero attached hydrogens (tertiary/aromatic N) is 1. The van der Waals surface area contributed by atoms with Gasteiger partial charge in [-0.3, -0.25) is 0 Å². The van der Waals surface area contributed by atoms with Gasteiger partial charge in [0.25, 0.3) is 0 Å². The summed E-state index contributed by atoms with van der Waals surface area (Å²) >= 11 is 1.42. The number of sulfonamides is 1. The molecule has 0 saturated carbocycles. The van der Waals surface area contributed by atoms with E-state index in [0.717, 1.165) is 5.56 Å². The van der Waals surface area contributed by atoms with E-state index >= 15 is 0 Å². The van der Waals surface area contributed by atoms with E-state index in [9.17, 15) is 8.42 Å². The number of nitrogens with two attached hydrogens (primary N) is 1. The van der Waals surface area contributed by atoms with Crippen LogP contribution in [0.2, 0.25) is 0 Å². The Morgan fingerprint density at radius 2 is 2.17 bits per heavy atom. The monoisotopic (exact) mass is 283 g/mol. The number of aromatic nitrogens is 1. The summed E-state index contributed by atoms with van der Waals surface area (Å²) in [7, 11) is -3.55. The zero-order valence-corrected chi connectivity index (χ0v) is 11.4. The van der Waals surface area contributed by atoms with Gasteiger partial charge in [0.1, 0.15) is 0 Å². The summed E-state index contributed by atoms with van der Waals surface area (Å²) in [6, 6.07) is 4.75. The highest BCUT2D eigenvalue weighted by atomic mass is 32.2. The number of rotatable bonds is 4. The first-order valence-electron chi connectivity index (χ1n) is 5.21. The summed E-state index contributed by atoms with van der Waals surface area (Å²) in [5.41, 5.74) is 9.25. The SMILES string of the molecule is Cc1cc(N)cc(S(=O)(=O)NCc2cscn2)c1. The highest BCUT2D eigenvalue weighted by Crippen LogP contribution is 2.16. The Balaban J connectivity index is 2.20. The van der Waals surface area contributed by atoms with Gasteiger partial charge in [-0.15, -0.1) is 11.3 Å². The zero-order valence-electron chi connectivity index (χ0n) is 9.75. The second-order valence-electron chi connectivity index (χ2n) is 3.88. The fraction of sp³-hybridized carbons (Fsp3) is 0.182. The van der Waals surface area contributed by atoms with Gasteiger partial charge in [0, 0.05) is 11.1 Å². The Bertz CT molecular complexity index is 616. The Kier molecular flexibility index (Phi) is 3.65. The second kappa shape index (κ2) is 5.05. The molecular formula is C11H13N3O2S2. The summed E-state index contributed by atoms with van der Waals surface area (Å²) in [4.78, 5) is 4.19. The first-order chi connectivity index (χ1) is 8.47. The number of nitrogen functional groups attached to an aromatic ring is 1. The van der Waals surface area contributed by atoms with Crippen molar-refractivity contribution >= 4 is 27.0 Å². The Morgan fingerprint density at radius 3 is 2.78 bits per heavy atom. The molecule has 3 N–H and O–H groups in total. The van der Waals surface area contributed by atoms with Gasteiger partial charge < -0.3 is 5.73 Å². The predicted octanol–water partition coefficient (Wildman–Crippen LogP) is 1.51. The molecule has 0 aliphatic carbocycles. The molecule has 5 nitrogen and oxygen atoms in total. The number of nitrogens with one attached hydrogen (secondary N) is 1. The average Bonchev–Trinajstić information content (AvgIpc) is 2.78. The van der Waals surface area contributed by atoms with E-state index in [1.54, 1.807) is 29.9 Å². The fourth-order valence-corrected chi connectivity index (χ4v) is 3.20. The Labute approximate surface area is 110 Å². The lowest BCUT2D eigenvalue weighted by atomic mass is 10.2. The summed E-state index contributed by atoms with van der Waals surface area (Å²) in [5, 5.41) is 1.80. The smallest absolute Gasteiger partial charge is 0.241 e. The third-order valence-electron chi connectivity index (χ3n) is 2.31. The number of hydrogen-bond acceptors (Lipinski definition) is 5. The first kappa shape index (κ1) is 13.0. The predicted molar refractivity (Wildman–Crippen MR) is 71.7 cm³/mol. The Hall–Kier alpha value is -1.44. The Morgan fingerprint density at radius 1 is 1.39 bits per heavy atom. The number of benzene rings is 1. The minimum absolute atomic E-state index is 0.176. The molecule has 0 amide bonds. The standard InChI is InChI=1S/C11H13N3O2S2/c1-8-2-9(12)4-11(3-8)18(15,16)14-5-10-6-17-7-13-10/h2-4,6-7,14H,5,12H2,1H3. The molecule has 0 fully saturated rings. The second-order valence-corrected chi connectivity index (χ2v) is 6.37. The topological polar surface area (TPSA) is 85.1 Å². The maximum absolute atomic E-state index is 12.0. The van der Waals surface area contributed by atoms with Gasteiger partial charge in [0.05, 0.1) is 22.6 Å². The molecule has 1 aromatic carbocycles. The summed E-state index contributed by atoms with van der Waals surface area (Å²) in [6.45, 7) is 1.98. The van der Waals surface area contributed by atoms with E-state index in [1.807, 2.05) is 0 Å². The average molecular weight is 283 g/mol. The van der Waals surface area contributed by atoms with Crippen molar-refractivity contribution in [2.24, 2.45) is 0 Å². The maximum Gasteiger partial charge on any atom is 0.241 e. The third kappa shape index (κ3) is 3.06. The van der Waals surface area contributed by atoms with E-state index < -0.39 is 10.0 Å². The molecule has 0 aliphatic rings. The van der Waals surface area contributed by atoms with Crippen LogP contribution in [-0.2, 0) is 16.6 Å². The highest BCUT2D eigenvalue weighted by molar-refractivity contribution is 7.89. The molecule has 0 saturated heterocycles. The summed E-state index contributed by atoms with van der Waals surface area (Å²) < 4.78 is 26.6. The molecule has 7 heteroatoms. The van der Waals surface area contributed by atoms with Gasteiger partial charge in [-0.05, 0) is 30.7 Å². The largest absolute Gasteiger partial charge is 0.399 e. The number of hydrogen-bond donors (Lipinski definition) is 2. The van der Waals surface area contributed by atoms with Gasteiger partial charge in [-0.2, -0.15) is 0 Å². The number of aryl methyl sites for hydroxylation is 1. The molecule has 2 aromatic rings. The maximum atomic E-state index is 12.0. The van der Waals surface area contributed by atoms with E-state index in [-0.39, 0.29) is 11.4 Å². The minimum Gasteiger partial charge on any atom is -0.399 e. The van der Waals surface area contributed by atoms with Crippen molar-refractivity contribution in [3.8, 4) is 0 Å². The molecule has 18 heavy (non-hydrogen) atoms. The van der Waals surface area contributed by atoms with Gasteiger partial charge in [0.15, 0.2) is 0 Å². The van der Waals surface area contributed by atoms with E-state index in [0.29, 0.717) is 11.4 Å². The molecule has 96 valence electrons. The first-order valence-corrected chi connectivity index (χ1v) is 7.64. The fourth-order valence-electron chi connectivity index (χ4n) is 1.51. The van der Waals surface area contributed by atoms with Crippen molar-refractivity contribution in [3.05, 3.63) is 40.3 Å². The summed E-state index contributed by atoms with van der Waals surface area (Å²) in [5.74, 6) is 0. The van der Waals surface area contributed by atoms with Gasteiger partial charge >= 0.3 is 0 Å². The lowest BCUT2D eigenvalue weighted by Gasteiger charge is -2.07. The number of anilines is 1.